The zero-order valence-electron chi connectivity index (χ0n) is 18.8. The highest BCUT2D eigenvalue weighted by atomic mass is 16.7. The van der Waals surface area contributed by atoms with Crippen LogP contribution in [0.25, 0.3) is 0 Å². The van der Waals surface area contributed by atoms with Crippen molar-refractivity contribution >= 4 is 11.8 Å². The lowest BCUT2D eigenvalue weighted by molar-refractivity contribution is -0.139. The number of Topliss-reactive ketones (excluding diaryl/α,β-unsaturated/α-hetero) is 1. The fourth-order valence-electron chi connectivity index (χ4n) is 4.73. The Morgan fingerprint density at radius 2 is 1.97 bits per heavy atom. The molecule has 1 N–H and O–H groups in total. The van der Waals surface area contributed by atoms with Crippen LogP contribution in [0.3, 0.4) is 0 Å². The third kappa shape index (κ3) is 4.21. The van der Waals surface area contributed by atoms with Crippen molar-refractivity contribution in [3.8, 4) is 11.5 Å². The summed E-state index contributed by atoms with van der Waals surface area (Å²) in [5.41, 5.74) is 3.54. The van der Waals surface area contributed by atoms with Gasteiger partial charge in [0.1, 0.15) is 0 Å². The molecule has 6 nitrogen and oxygen atoms in total. The number of dihydropyridines is 1. The first-order valence-corrected chi connectivity index (χ1v) is 11.1. The van der Waals surface area contributed by atoms with Gasteiger partial charge in [-0.25, -0.2) is 4.79 Å². The first kappa shape index (κ1) is 21.5. The van der Waals surface area contributed by atoms with Gasteiger partial charge in [-0.2, -0.15) is 0 Å². The molecule has 1 aliphatic carbocycles. The van der Waals surface area contributed by atoms with Crippen LogP contribution in [0.1, 0.15) is 71.3 Å². The molecule has 2 aliphatic heterocycles. The molecule has 31 heavy (non-hydrogen) atoms. The Morgan fingerprint density at radius 3 is 2.74 bits per heavy atom. The summed E-state index contributed by atoms with van der Waals surface area (Å²) in [5.74, 6) is 0.536. The molecule has 1 aromatic rings. The van der Waals surface area contributed by atoms with Crippen molar-refractivity contribution in [2.24, 2.45) is 5.41 Å². The van der Waals surface area contributed by atoms with Crippen molar-refractivity contribution in [3.05, 3.63) is 46.3 Å². The standard InChI is InChI=1S/C25H31NO5/c1-5-6-7-10-29-24(28)21-15(2)26-17-12-25(3,4)13-18(27)23(17)22(21)16-8-9-19-20(11-16)31-14-30-19/h8-9,11,22,26H,5-7,10,12-14H2,1-4H3/t22-/m1/s1. The first-order chi connectivity index (χ1) is 14.8. The predicted octanol–water partition coefficient (Wildman–Crippen LogP) is 4.75. The van der Waals surface area contributed by atoms with Crippen molar-refractivity contribution in [2.45, 2.75) is 65.7 Å². The normalized spacial score (nSPS) is 21.7. The Balaban J connectivity index is 1.75. The number of hydrogen-bond acceptors (Lipinski definition) is 6. The molecule has 0 radical (unpaired) electrons. The van der Waals surface area contributed by atoms with Gasteiger partial charge in [0.2, 0.25) is 6.79 Å². The van der Waals surface area contributed by atoms with E-state index in [1.807, 2.05) is 25.1 Å². The van der Waals surface area contributed by atoms with Gasteiger partial charge < -0.3 is 19.5 Å². The molecule has 0 spiro atoms. The van der Waals surface area contributed by atoms with E-state index in [1.54, 1.807) is 0 Å². The van der Waals surface area contributed by atoms with Gasteiger partial charge in [0, 0.05) is 29.3 Å². The summed E-state index contributed by atoms with van der Waals surface area (Å²) in [7, 11) is 0. The molecule has 1 aromatic carbocycles. The zero-order valence-corrected chi connectivity index (χ0v) is 18.8. The number of fused-ring (bicyclic) bond motifs is 1. The number of hydrogen-bond donors (Lipinski definition) is 1. The second-order valence-corrected chi connectivity index (χ2v) is 9.39. The molecule has 0 saturated heterocycles. The average Bonchev–Trinajstić information content (AvgIpc) is 3.16. The molecule has 0 saturated carbocycles. The summed E-state index contributed by atoms with van der Waals surface area (Å²) in [5, 5.41) is 3.37. The van der Waals surface area contributed by atoms with Gasteiger partial charge in [0.15, 0.2) is 17.3 Å². The van der Waals surface area contributed by atoms with Crippen LogP contribution in [0.5, 0.6) is 11.5 Å². The predicted molar refractivity (Wildman–Crippen MR) is 117 cm³/mol. The third-order valence-electron chi connectivity index (χ3n) is 6.17. The van der Waals surface area contributed by atoms with Crippen LogP contribution >= 0.6 is 0 Å². The number of ketones is 1. The van der Waals surface area contributed by atoms with E-state index in [2.05, 4.69) is 26.1 Å². The van der Waals surface area contributed by atoms with E-state index in [4.69, 9.17) is 14.2 Å². The number of benzene rings is 1. The van der Waals surface area contributed by atoms with Crippen molar-refractivity contribution in [3.63, 3.8) is 0 Å². The Hall–Kier alpha value is -2.76. The number of carbonyl (C=O) groups is 2. The van der Waals surface area contributed by atoms with Crippen LogP contribution in [0.15, 0.2) is 40.7 Å². The summed E-state index contributed by atoms with van der Waals surface area (Å²) < 4.78 is 16.6. The summed E-state index contributed by atoms with van der Waals surface area (Å²) in [6.07, 6.45) is 4.11. The summed E-state index contributed by atoms with van der Waals surface area (Å²) in [4.78, 5) is 26.5. The maximum atomic E-state index is 13.3. The molecule has 0 fully saturated rings. The van der Waals surface area contributed by atoms with Gasteiger partial charge in [-0.1, -0.05) is 39.7 Å². The summed E-state index contributed by atoms with van der Waals surface area (Å²) >= 11 is 0. The molecule has 0 unspecified atom stereocenters. The highest BCUT2D eigenvalue weighted by Gasteiger charge is 2.43. The topological polar surface area (TPSA) is 73.9 Å². The molecule has 0 aromatic heterocycles. The van der Waals surface area contributed by atoms with E-state index in [9.17, 15) is 9.59 Å². The largest absolute Gasteiger partial charge is 0.462 e. The summed E-state index contributed by atoms with van der Waals surface area (Å²) in [6, 6.07) is 5.64. The quantitative estimate of drug-likeness (QED) is 0.524. The molecule has 0 amide bonds. The number of nitrogens with one attached hydrogen (secondary N) is 1. The molecule has 2 heterocycles. The Labute approximate surface area is 183 Å². The van der Waals surface area contributed by atoms with Gasteiger partial charge >= 0.3 is 5.97 Å². The van der Waals surface area contributed by atoms with Crippen LogP contribution in [0.4, 0.5) is 0 Å². The van der Waals surface area contributed by atoms with Crippen molar-refractivity contribution in [1.82, 2.24) is 5.32 Å². The van der Waals surface area contributed by atoms with E-state index in [0.29, 0.717) is 35.7 Å². The van der Waals surface area contributed by atoms with Gasteiger partial charge in [-0.05, 0) is 42.9 Å². The Kier molecular flexibility index (Phi) is 5.82. The van der Waals surface area contributed by atoms with Gasteiger partial charge in [-0.15, -0.1) is 0 Å². The minimum atomic E-state index is -0.479. The minimum absolute atomic E-state index is 0.0743. The fraction of sp³-hybridized carbons (Fsp3) is 0.520. The molecule has 166 valence electrons. The van der Waals surface area contributed by atoms with Crippen molar-refractivity contribution < 1.29 is 23.8 Å². The smallest absolute Gasteiger partial charge is 0.336 e. The van der Waals surface area contributed by atoms with E-state index >= 15 is 0 Å². The molecule has 3 aliphatic rings. The molecule has 0 bridgehead atoms. The van der Waals surface area contributed by atoms with E-state index in [0.717, 1.165) is 42.6 Å². The number of unbranched alkanes of at least 4 members (excludes halogenated alkanes) is 2. The van der Waals surface area contributed by atoms with Gasteiger partial charge in [0.05, 0.1) is 12.2 Å². The van der Waals surface area contributed by atoms with E-state index in [1.165, 1.54) is 0 Å². The Morgan fingerprint density at radius 1 is 1.19 bits per heavy atom. The van der Waals surface area contributed by atoms with Gasteiger partial charge in [-0.3, -0.25) is 4.79 Å². The van der Waals surface area contributed by atoms with E-state index in [-0.39, 0.29) is 24.0 Å². The number of ether oxygens (including phenoxy) is 3. The van der Waals surface area contributed by atoms with Crippen LogP contribution in [-0.2, 0) is 14.3 Å². The molecule has 4 rings (SSSR count). The number of allylic oxidation sites excluding steroid dienone is 3. The van der Waals surface area contributed by atoms with Crippen LogP contribution in [-0.4, -0.2) is 25.2 Å². The Bertz CT molecular complexity index is 972. The highest BCUT2D eigenvalue weighted by Crippen LogP contribution is 2.48. The average molecular weight is 426 g/mol. The zero-order chi connectivity index (χ0) is 22.2. The van der Waals surface area contributed by atoms with Gasteiger partial charge in [0.25, 0.3) is 0 Å². The number of carbonyl (C=O) groups excluding carboxylic acids is 2. The lowest BCUT2D eigenvalue weighted by atomic mass is 9.68. The minimum Gasteiger partial charge on any atom is -0.462 e. The van der Waals surface area contributed by atoms with E-state index < -0.39 is 5.92 Å². The lowest BCUT2D eigenvalue weighted by Gasteiger charge is -2.39. The monoisotopic (exact) mass is 425 g/mol. The highest BCUT2D eigenvalue weighted by molar-refractivity contribution is 6.04. The fourth-order valence-corrected chi connectivity index (χ4v) is 4.73. The molecular formula is C25H31NO5. The maximum Gasteiger partial charge on any atom is 0.336 e. The number of rotatable bonds is 6. The molecule has 6 heteroatoms. The van der Waals surface area contributed by atoms with Crippen LogP contribution in [0, 0.1) is 5.41 Å². The molecule has 1 atom stereocenters. The first-order valence-electron chi connectivity index (χ1n) is 11.1. The van der Waals surface area contributed by atoms with Crippen LogP contribution < -0.4 is 14.8 Å². The van der Waals surface area contributed by atoms with Crippen molar-refractivity contribution in [2.75, 3.05) is 13.4 Å². The SMILES string of the molecule is CCCCCOC(=O)C1=C(C)NC2=C(C(=O)CC(C)(C)C2)[C@@H]1c1ccc2c(c1)OCO2. The van der Waals surface area contributed by atoms with Crippen molar-refractivity contribution in [1.29, 1.82) is 0 Å². The second-order valence-electron chi connectivity index (χ2n) is 9.39. The third-order valence-corrected chi connectivity index (χ3v) is 6.17. The van der Waals surface area contributed by atoms with Crippen LogP contribution in [0.2, 0.25) is 0 Å². The lowest BCUT2D eigenvalue weighted by Crippen LogP contribution is -2.38. The molecular weight excluding hydrogens is 394 g/mol. The second kappa shape index (κ2) is 8.40. The maximum absolute atomic E-state index is 13.3. The summed E-state index contributed by atoms with van der Waals surface area (Å²) in [6.45, 7) is 8.75. The number of esters is 1.